The van der Waals surface area contributed by atoms with E-state index in [2.05, 4.69) is 4.74 Å². The Kier molecular flexibility index (Phi) is 8.31. The van der Waals surface area contributed by atoms with E-state index < -0.39 is 30.1 Å². The van der Waals surface area contributed by atoms with Crippen LogP contribution in [-0.4, -0.2) is 44.5 Å². The Balaban J connectivity index is 4.48. The highest BCUT2D eigenvalue weighted by atomic mass is 19.4. The van der Waals surface area contributed by atoms with Gasteiger partial charge in [0.15, 0.2) is 5.41 Å². The van der Waals surface area contributed by atoms with Crippen LogP contribution in [0.15, 0.2) is 0 Å². The van der Waals surface area contributed by atoms with E-state index in [1.807, 2.05) is 0 Å². The molecule has 0 rings (SSSR count). The van der Waals surface area contributed by atoms with Crippen LogP contribution in [0.2, 0.25) is 0 Å². The summed E-state index contributed by atoms with van der Waals surface area (Å²) in [5.74, 6) is -1.50. The average Bonchev–Trinajstić information content (AvgIpc) is 2.37. The molecule has 0 N–H and O–H groups in total. The molecule has 0 aliphatic rings. The van der Waals surface area contributed by atoms with Crippen molar-refractivity contribution in [1.82, 2.24) is 0 Å². The molecule has 0 atom stereocenters. The Labute approximate surface area is 121 Å². The second-order valence-electron chi connectivity index (χ2n) is 4.54. The molecule has 0 radical (unpaired) electrons. The first-order valence-electron chi connectivity index (χ1n) is 6.66. The first-order chi connectivity index (χ1) is 9.67. The van der Waals surface area contributed by atoms with Gasteiger partial charge in [0.2, 0.25) is 0 Å². The zero-order valence-electron chi connectivity index (χ0n) is 12.4. The van der Waals surface area contributed by atoms with E-state index in [9.17, 15) is 22.8 Å². The quantitative estimate of drug-likeness (QED) is 0.372. The molecular formula is C13H21F3O5. The molecule has 124 valence electrons. The predicted molar refractivity (Wildman–Crippen MR) is 67.5 cm³/mol. The molecule has 5 nitrogen and oxygen atoms in total. The number of hydrogen-bond acceptors (Lipinski definition) is 5. The summed E-state index contributed by atoms with van der Waals surface area (Å²) in [5, 5.41) is 0. The third-order valence-electron chi connectivity index (χ3n) is 2.68. The number of ether oxygens (including phenoxy) is 3. The van der Waals surface area contributed by atoms with Gasteiger partial charge in [-0.3, -0.25) is 9.59 Å². The normalized spacial score (nSPS) is 12.1. The molecule has 0 heterocycles. The summed E-state index contributed by atoms with van der Waals surface area (Å²) in [7, 11) is 0. The van der Waals surface area contributed by atoms with Gasteiger partial charge >= 0.3 is 18.1 Å². The Morgan fingerprint density at radius 2 is 1.48 bits per heavy atom. The van der Waals surface area contributed by atoms with E-state index in [1.54, 1.807) is 13.8 Å². The second-order valence-corrected chi connectivity index (χ2v) is 4.54. The summed E-state index contributed by atoms with van der Waals surface area (Å²) in [6.45, 7) is 3.16. The van der Waals surface area contributed by atoms with E-state index in [0.717, 1.165) is 0 Å². The van der Waals surface area contributed by atoms with Gasteiger partial charge in [-0.25, -0.2) is 0 Å². The highest BCUT2D eigenvalue weighted by molar-refractivity contribution is 5.99. The first-order valence-corrected chi connectivity index (χ1v) is 6.66. The molecule has 0 aromatic heterocycles. The van der Waals surface area contributed by atoms with Crippen LogP contribution in [0.1, 0.15) is 33.6 Å². The lowest BCUT2D eigenvalue weighted by Crippen LogP contribution is -2.39. The van der Waals surface area contributed by atoms with Crippen LogP contribution in [0.25, 0.3) is 0 Å². The smallest absolute Gasteiger partial charge is 0.411 e. The maximum absolute atomic E-state index is 11.9. The number of halogens is 3. The Hall–Kier alpha value is -1.31. The van der Waals surface area contributed by atoms with Crippen molar-refractivity contribution in [1.29, 1.82) is 0 Å². The molecule has 0 fully saturated rings. The van der Waals surface area contributed by atoms with Crippen molar-refractivity contribution in [3.8, 4) is 0 Å². The van der Waals surface area contributed by atoms with Gasteiger partial charge in [-0.05, 0) is 33.6 Å². The zero-order valence-corrected chi connectivity index (χ0v) is 12.4. The van der Waals surface area contributed by atoms with Crippen LogP contribution >= 0.6 is 0 Å². The van der Waals surface area contributed by atoms with Crippen molar-refractivity contribution in [2.24, 2.45) is 5.41 Å². The van der Waals surface area contributed by atoms with Gasteiger partial charge in [0.05, 0.1) is 13.2 Å². The number of carbonyl (C=O) groups is 2. The molecule has 0 aromatic rings. The summed E-state index contributed by atoms with van der Waals surface area (Å²) in [4.78, 5) is 23.7. The topological polar surface area (TPSA) is 61.8 Å². The molecule has 0 bridgehead atoms. The molecular weight excluding hydrogens is 293 g/mol. The van der Waals surface area contributed by atoms with Gasteiger partial charge in [0.1, 0.15) is 6.61 Å². The fourth-order valence-corrected chi connectivity index (χ4v) is 1.58. The van der Waals surface area contributed by atoms with Crippen LogP contribution in [0.3, 0.4) is 0 Å². The monoisotopic (exact) mass is 314 g/mol. The summed E-state index contributed by atoms with van der Waals surface area (Å²) < 4.78 is 49.8. The maximum atomic E-state index is 11.9. The second kappa shape index (κ2) is 8.86. The van der Waals surface area contributed by atoms with Crippen LogP contribution in [0, 0.1) is 5.41 Å². The fraction of sp³-hybridized carbons (Fsp3) is 0.846. The fourth-order valence-electron chi connectivity index (χ4n) is 1.58. The lowest BCUT2D eigenvalue weighted by atomic mass is 9.85. The highest BCUT2D eigenvalue weighted by Gasteiger charge is 2.43. The third-order valence-corrected chi connectivity index (χ3v) is 2.68. The minimum absolute atomic E-state index is 0.0114. The van der Waals surface area contributed by atoms with E-state index in [-0.39, 0.29) is 32.7 Å². The van der Waals surface area contributed by atoms with E-state index in [1.165, 1.54) is 6.92 Å². The van der Waals surface area contributed by atoms with Gasteiger partial charge in [-0.15, -0.1) is 0 Å². The molecule has 0 aliphatic heterocycles. The number of rotatable bonds is 9. The highest BCUT2D eigenvalue weighted by Crippen LogP contribution is 2.27. The van der Waals surface area contributed by atoms with Gasteiger partial charge in [-0.1, -0.05) is 0 Å². The maximum Gasteiger partial charge on any atom is 0.411 e. The molecule has 21 heavy (non-hydrogen) atoms. The van der Waals surface area contributed by atoms with Gasteiger partial charge in [0.25, 0.3) is 0 Å². The first kappa shape index (κ1) is 19.7. The standard InChI is InChI=1S/C13H21F3O5/c1-4-20-10(17)12(3,11(18)21-5-2)7-6-8-19-9-13(14,15)16/h4-9H2,1-3H3. The van der Waals surface area contributed by atoms with Crippen molar-refractivity contribution >= 4 is 11.9 Å². The van der Waals surface area contributed by atoms with Crippen molar-refractivity contribution in [2.45, 2.75) is 39.8 Å². The minimum atomic E-state index is -4.40. The zero-order chi connectivity index (χ0) is 16.5. The molecule has 0 aliphatic carbocycles. The number of alkyl halides is 3. The van der Waals surface area contributed by atoms with Gasteiger partial charge in [0, 0.05) is 6.61 Å². The Morgan fingerprint density at radius 1 is 1.00 bits per heavy atom. The van der Waals surface area contributed by atoms with E-state index in [4.69, 9.17) is 9.47 Å². The number of hydrogen-bond donors (Lipinski definition) is 0. The van der Waals surface area contributed by atoms with E-state index >= 15 is 0 Å². The lowest BCUT2D eigenvalue weighted by Gasteiger charge is -2.24. The molecule has 0 aromatic carbocycles. The predicted octanol–water partition coefficient (Wildman–Crippen LogP) is 2.48. The Morgan fingerprint density at radius 3 is 1.86 bits per heavy atom. The molecule has 8 heteroatoms. The van der Waals surface area contributed by atoms with Crippen molar-refractivity contribution in [2.75, 3.05) is 26.4 Å². The molecule has 0 saturated carbocycles. The van der Waals surface area contributed by atoms with Crippen LogP contribution < -0.4 is 0 Å². The van der Waals surface area contributed by atoms with Crippen molar-refractivity contribution in [3.05, 3.63) is 0 Å². The van der Waals surface area contributed by atoms with Crippen LogP contribution in [0.4, 0.5) is 13.2 Å². The van der Waals surface area contributed by atoms with Gasteiger partial charge < -0.3 is 14.2 Å². The number of carbonyl (C=O) groups excluding carboxylic acids is 2. The minimum Gasteiger partial charge on any atom is -0.465 e. The summed E-state index contributed by atoms with van der Waals surface area (Å²) >= 11 is 0. The Bertz CT molecular complexity index is 323. The number of esters is 2. The van der Waals surface area contributed by atoms with Crippen molar-refractivity contribution in [3.63, 3.8) is 0 Å². The van der Waals surface area contributed by atoms with Gasteiger partial charge in [-0.2, -0.15) is 13.2 Å². The summed E-state index contributed by atoms with van der Waals surface area (Å²) in [6, 6.07) is 0. The molecule has 0 unspecified atom stereocenters. The SMILES string of the molecule is CCOC(=O)C(C)(CCCOCC(F)(F)F)C(=O)OCC. The molecule has 0 spiro atoms. The van der Waals surface area contributed by atoms with Crippen LogP contribution in [-0.2, 0) is 23.8 Å². The lowest BCUT2D eigenvalue weighted by molar-refractivity contribution is -0.177. The molecule has 0 amide bonds. The van der Waals surface area contributed by atoms with E-state index in [0.29, 0.717) is 0 Å². The summed E-state index contributed by atoms with van der Waals surface area (Å²) in [6.07, 6.45) is -4.31. The van der Waals surface area contributed by atoms with Crippen molar-refractivity contribution < 1.29 is 37.0 Å². The third kappa shape index (κ3) is 7.31. The summed E-state index contributed by atoms with van der Waals surface area (Å²) in [5.41, 5.74) is -1.53. The average molecular weight is 314 g/mol. The van der Waals surface area contributed by atoms with Crippen LogP contribution in [0.5, 0.6) is 0 Å². The largest absolute Gasteiger partial charge is 0.465 e. The molecule has 0 saturated heterocycles.